The summed E-state index contributed by atoms with van der Waals surface area (Å²) in [6, 6.07) is 15.8. The maximum atomic E-state index is 13.7. The number of carbonyl (C=O) groups is 1. The van der Waals surface area contributed by atoms with Gasteiger partial charge in [0.15, 0.2) is 5.82 Å². The number of amides is 2. The van der Waals surface area contributed by atoms with E-state index in [1.54, 1.807) is 35.2 Å². The first-order valence-corrected chi connectivity index (χ1v) is 17.6. The molecule has 2 amide bonds. The van der Waals surface area contributed by atoms with Crippen molar-refractivity contribution in [2.75, 3.05) is 46.8 Å². The molecule has 1 saturated heterocycles. The van der Waals surface area contributed by atoms with Crippen molar-refractivity contribution in [3.05, 3.63) is 78.4 Å². The van der Waals surface area contributed by atoms with Gasteiger partial charge in [-0.15, -0.1) is 0 Å². The van der Waals surface area contributed by atoms with E-state index in [2.05, 4.69) is 31.1 Å². The number of pyridine rings is 1. The fourth-order valence-electron chi connectivity index (χ4n) is 6.12. The Morgan fingerprint density at radius 3 is 2.45 bits per heavy atom. The monoisotopic (exact) mass is 653 g/mol. The lowest BCUT2D eigenvalue weighted by Crippen LogP contribution is -2.49. The largest absolute Gasteiger partial charge is 0.353 e. The molecule has 2 aliphatic rings. The van der Waals surface area contributed by atoms with E-state index in [0.717, 1.165) is 42.4 Å². The summed E-state index contributed by atoms with van der Waals surface area (Å²) in [5.41, 5.74) is 3.30. The number of aryl methyl sites for hydroxylation is 1. The minimum absolute atomic E-state index is 0.0507. The van der Waals surface area contributed by atoms with Gasteiger partial charge in [-0.1, -0.05) is 30.3 Å². The quantitative estimate of drug-likeness (QED) is 0.284. The summed E-state index contributed by atoms with van der Waals surface area (Å²) < 4.78 is 18.5. The number of aromatic nitrogens is 5. The molecule has 2 N–H and O–H groups in total. The van der Waals surface area contributed by atoms with Gasteiger partial charge in [0, 0.05) is 90.6 Å². The normalized spacial score (nSPS) is 19.0. The van der Waals surface area contributed by atoms with Crippen LogP contribution in [-0.2, 0) is 23.3 Å². The van der Waals surface area contributed by atoms with Gasteiger partial charge in [-0.05, 0) is 43.4 Å². The lowest BCUT2D eigenvalue weighted by atomic mass is 9.90. The molecule has 14 heteroatoms. The lowest BCUT2D eigenvalue weighted by molar-refractivity contribution is 0.240. The lowest BCUT2D eigenvalue weighted by Gasteiger charge is -2.36. The van der Waals surface area contributed by atoms with Crippen molar-refractivity contribution in [1.82, 2.24) is 30.0 Å². The van der Waals surface area contributed by atoms with E-state index in [4.69, 9.17) is 9.97 Å². The van der Waals surface area contributed by atoms with Crippen LogP contribution in [0.2, 0.25) is 0 Å². The van der Waals surface area contributed by atoms with E-state index < -0.39 is 9.73 Å². The molecule has 2 fully saturated rings. The molecular formula is C33H39N11O2S. The van der Waals surface area contributed by atoms with Gasteiger partial charge < -0.3 is 15.5 Å². The Hall–Kier alpha value is -5.03. The van der Waals surface area contributed by atoms with Gasteiger partial charge in [-0.25, -0.2) is 23.3 Å². The smallest absolute Gasteiger partial charge is 0.323 e. The summed E-state index contributed by atoms with van der Waals surface area (Å²) in [5, 5.41) is 20.5. The van der Waals surface area contributed by atoms with Crippen molar-refractivity contribution in [1.29, 1.82) is 5.26 Å². The average Bonchev–Trinajstić information content (AvgIpc) is 3.55. The van der Waals surface area contributed by atoms with Gasteiger partial charge >= 0.3 is 6.03 Å². The molecule has 1 aliphatic carbocycles. The first-order chi connectivity index (χ1) is 22.8. The second-order valence-corrected chi connectivity index (χ2v) is 14.6. The first-order valence-electron chi connectivity index (χ1n) is 15.8. The predicted molar refractivity (Wildman–Crippen MR) is 182 cm³/mol. The van der Waals surface area contributed by atoms with Gasteiger partial charge in [0.1, 0.15) is 17.5 Å². The highest BCUT2D eigenvalue weighted by atomic mass is 32.2. The Morgan fingerprint density at radius 1 is 1.04 bits per heavy atom. The molecule has 3 aromatic heterocycles. The third-order valence-electron chi connectivity index (χ3n) is 8.82. The molecule has 13 nitrogen and oxygen atoms in total. The number of rotatable bonds is 8. The summed E-state index contributed by atoms with van der Waals surface area (Å²) in [4.78, 5) is 31.4. The molecule has 1 aliphatic heterocycles. The van der Waals surface area contributed by atoms with Crippen LogP contribution in [0.25, 0.3) is 11.1 Å². The summed E-state index contributed by atoms with van der Waals surface area (Å²) in [7, 11) is 1.29. The van der Waals surface area contributed by atoms with Crippen LogP contribution < -0.4 is 20.4 Å². The topological polar surface area (TPSA) is 157 Å². The number of nitrogens with zero attached hydrogens (tertiary/aromatic N) is 9. The second kappa shape index (κ2) is 14.2. The zero-order valence-corrected chi connectivity index (χ0v) is 27.4. The number of nitriles is 1. The Bertz CT molecular complexity index is 1840. The third kappa shape index (κ3) is 7.52. The van der Waals surface area contributed by atoms with Crippen LogP contribution in [0.1, 0.15) is 36.8 Å². The number of benzene rings is 1. The van der Waals surface area contributed by atoms with Crippen LogP contribution in [-0.4, -0.2) is 78.7 Å². The van der Waals surface area contributed by atoms with Gasteiger partial charge in [0.2, 0.25) is 5.95 Å². The number of hydrogen-bond acceptors (Lipinski definition) is 10. The van der Waals surface area contributed by atoms with Crippen LogP contribution in [0.4, 0.5) is 22.4 Å². The van der Waals surface area contributed by atoms with Gasteiger partial charge in [-0.2, -0.15) is 15.3 Å². The highest BCUT2D eigenvalue weighted by Crippen LogP contribution is 2.30. The molecule has 0 radical (unpaired) electrons. The van der Waals surface area contributed by atoms with Crippen LogP contribution in [0.5, 0.6) is 0 Å². The van der Waals surface area contributed by atoms with Crippen molar-refractivity contribution < 1.29 is 9.00 Å². The highest BCUT2D eigenvalue weighted by Gasteiger charge is 2.32. The summed E-state index contributed by atoms with van der Waals surface area (Å²) in [6.45, 7) is 1.46. The van der Waals surface area contributed by atoms with Crippen molar-refractivity contribution in [2.45, 2.75) is 44.3 Å². The van der Waals surface area contributed by atoms with E-state index >= 15 is 0 Å². The molecule has 47 heavy (non-hydrogen) atoms. The molecule has 0 atom stereocenters. The molecule has 0 bridgehead atoms. The van der Waals surface area contributed by atoms with Crippen LogP contribution in [0, 0.1) is 11.3 Å². The van der Waals surface area contributed by atoms with E-state index in [9.17, 15) is 14.3 Å². The number of anilines is 3. The SMILES string of the molecule is CN=S1(=O)CCN(c2nc(NC3CCC(N(C(=O)NCc4ccccc4)c4ccc(-c5cnn(C)c5)cn4)CC3)ncc2C#N)CC1. The van der Waals surface area contributed by atoms with Crippen LogP contribution in [0.15, 0.2) is 71.6 Å². The predicted octanol–water partition coefficient (Wildman–Crippen LogP) is 4.20. The minimum atomic E-state index is -2.19. The highest BCUT2D eigenvalue weighted by molar-refractivity contribution is 7.93. The zero-order valence-electron chi connectivity index (χ0n) is 26.6. The molecule has 4 heterocycles. The standard InChI is InChI=1S/C33H39N11O2S/c1-35-47(46)16-14-43(15-17-47)31-26(18-34)21-37-32(41-31)40-28-9-11-29(12-10-28)44(33(45)38-19-24-6-4-3-5-7-24)30-13-8-25(20-36-30)27-22-39-42(2)23-27/h3-8,13,20-23,28-29H,9-12,14-17,19H2,1-2H3,(H,38,45)(H,37,40,41). The summed E-state index contributed by atoms with van der Waals surface area (Å²) in [6.07, 6.45) is 10.2. The zero-order chi connectivity index (χ0) is 32.8. The van der Waals surface area contributed by atoms with Crippen molar-refractivity contribution in [2.24, 2.45) is 11.4 Å². The van der Waals surface area contributed by atoms with E-state index in [1.807, 2.05) is 60.6 Å². The average molecular weight is 654 g/mol. The number of nitrogens with one attached hydrogen (secondary N) is 2. The van der Waals surface area contributed by atoms with E-state index in [-0.39, 0.29) is 18.1 Å². The Labute approximate surface area is 275 Å². The van der Waals surface area contributed by atoms with Crippen molar-refractivity contribution in [3.8, 4) is 17.2 Å². The third-order valence-corrected chi connectivity index (χ3v) is 11.1. The number of carbonyl (C=O) groups excluding carboxylic acids is 1. The van der Waals surface area contributed by atoms with Crippen molar-refractivity contribution >= 4 is 33.3 Å². The molecule has 0 unspecified atom stereocenters. The number of hydrogen-bond donors (Lipinski definition) is 2. The number of urea groups is 1. The van der Waals surface area contributed by atoms with Gasteiger partial charge in [0.25, 0.3) is 0 Å². The van der Waals surface area contributed by atoms with Crippen molar-refractivity contribution in [3.63, 3.8) is 0 Å². The molecule has 6 rings (SSSR count). The molecule has 244 valence electrons. The minimum Gasteiger partial charge on any atom is -0.353 e. The summed E-state index contributed by atoms with van der Waals surface area (Å²) >= 11 is 0. The second-order valence-electron chi connectivity index (χ2n) is 11.9. The fourth-order valence-corrected chi connectivity index (χ4v) is 7.70. The Kier molecular flexibility index (Phi) is 9.63. The Balaban J connectivity index is 1.14. The molecular weight excluding hydrogens is 615 g/mol. The van der Waals surface area contributed by atoms with Crippen LogP contribution in [0.3, 0.4) is 0 Å². The van der Waals surface area contributed by atoms with Gasteiger partial charge in [-0.3, -0.25) is 9.58 Å². The molecule has 1 aromatic carbocycles. The first kappa shape index (κ1) is 31.9. The summed E-state index contributed by atoms with van der Waals surface area (Å²) in [5.74, 6) is 2.50. The van der Waals surface area contributed by atoms with E-state index in [0.29, 0.717) is 54.3 Å². The van der Waals surface area contributed by atoms with Crippen LogP contribution >= 0.6 is 0 Å². The van der Waals surface area contributed by atoms with Gasteiger partial charge in [0.05, 0.1) is 12.4 Å². The molecule has 0 spiro atoms. The Morgan fingerprint density at radius 2 is 1.81 bits per heavy atom. The maximum Gasteiger partial charge on any atom is 0.323 e. The maximum absolute atomic E-state index is 13.7. The molecule has 4 aromatic rings. The molecule has 1 saturated carbocycles. The van der Waals surface area contributed by atoms with E-state index in [1.165, 1.54) is 0 Å². The fraction of sp³-hybridized carbons (Fsp3) is 0.394.